The van der Waals surface area contributed by atoms with Crippen LogP contribution >= 0.6 is 0 Å². The van der Waals surface area contributed by atoms with Gasteiger partial charge in [-0.2, -0.15) is 0 Å². The van der Waals surface area contributed by atoms with Crippen molar-refractivity contribution in [2.75, 3.05) is 6.61 Å². The van der Waals surface area contributed by atoms with E-state index in [2.05, 4.69) is 95.3 Å². The lowest BCUT2D eigenvalue weighted by Gasteiger charge is -2.45. The summed E-state index contributed by atoms with van der Waals surface area (Å²) in [6.45, 7) is 31.2. The molecule has 0 heterocycles. The molecule has 0 spiro atoms. The van der Waals surface area contributed by atoms with Gasteiger partial charge in [-0.3, -0.25) is 0 Å². The Morgan fingerprint density at radius 3 is 1.73 bits per heavy atom. The molecule has 4 heteroatoms. The van der Waals surface area contributed by atoms with E-state index in [1.165, 1.54) is 31.3 Å². The Morgan fingerprint density at radius 1 is 0.867 bits per heavy atom. The number of unbranched alkanes of at least 4 members (excludes halogenated alkanes) is 3. The molecule has 0 aromatic heterocycles. The second-order valence-corrected chi connectivity index (χ2v) is 21.9. The molecule has 1 atom stereocenters. The standard InChI is InChI=1S/C26H56O2Si2/c1-14-16-17-18-19-25(28-30(21(3)4,22(5)6)23(7)8)24(15-2)20-27-29(12,13)26(9,10)11/h15,21-23,25H,14,16-20H2,1-13H3/b24-15+. The van der Waals surface area contributed by atoms with Crippen LogP contribution in [0.1, 0.15) is 108 Å². The van der Waals surface area contributed by atoms with Gasteiger partial charge in [-0.05, 0) is 53.7 Å². The van der Waals surface area contributed by atoms with E-state index >= 15 is 0 Å². The van der Waals surface area contributed by atoms with Gasteiger partial charge in [-0.1, -0.05) is 101 Å². The second kappa shape index (κ2) is 13.0. The van der Waals surface area contributed by atoms with Crippen LogP contribution in [0.3, 0.4) is 0 Å². The fraction of sp³-hybridized carbons (Fsp3) is 0.923. The van der Waals surface area contributed by atoms with Gasteiger partial charge in [0.2, 0.25) is 8.32 Å². The van der Waals surface area contributed by atoms with Crippen molar-refractivity contribution in [2.45, 2.75) is 149 Å². The average molecular weight is 457 g/mol. The van der Waals surface area contributed by atoms with Gasteiger partial charge in [-0.25, -0.2) is 0 Å². The lowest BCUT2D eigenvalue weighted by Crippen LogP contribution is -2.51. The van der Waals surface area contributed by atoms with E-state index in [0.717, 1.165) is 13.0 Å². The molecular weight excluding hydrogens is 400 g/mol. The Labute approximate surface area is 192 Å². The van der Waals surface area contributed by atoms with Crippen LogP contribution < -0.4 is 0 Å². The van der Waals surface area contributed by atoms with E-state index in [1.807, 2.05) is 0 Å². The van der Waals surface area contributed by atoms with Crippen LogP contribution in [0.25, 0.3) is 0 Å². The Morgan fingerprint density at radius 2 is 1.37 bits per heavy atom. The molecule has 30 heavy (non-hydrogen) atoms. The van der Waals surface area contributed by atoms with Crippen molar-refractivity contribution in [3.63, 3.8) is 0 Å². The zero-order valence-electron chi connectivity index (χ0n) is 22.9. The maximum absolute atomic E-state index is 7.31. The smallest absolute Gasteiger partial charge is 0.201 e. The van der Waals surface area contributed by atoms with Crippen LogP contribution in [0, 0.1) is 0 Å². The minimum Gasteiger partial charge on any atom is -0.413 e. The van der Waals surface area contributed by atoms with Crippen LogP contribution in [-0.2, 0) is 8.85 Å². The zero-order valence-corrected chi connectivity index (χ0v) is 24.9. The van der Waals surface area contributed by atoms with E-state index < -0.39 is 16.6 Å². The highest BCUT2D eigenvalue weighted by atomic mass is 28.4. The molecule has 0 aliphatic heterocycles. The number of hydrogen-bond donors (Lipinski definition) is 0. The van der Waals surface area contributed by atoms with E-state index in [4.69, 9.17) is 8.85 Å². The molecule has 0 rings (SSSR count). The second-order valence-electron chi connectivity index (χ2n) is 11.7. The van der Waals surface area contributed by atoms with Gasteiger partial charge < -0.3 is 8.85 Å². The molecule has 0 aliphatic carbocycles. The average Bonchev–Trinajstić information content (AvgIpc) is 2.60. The Bertz CT molecular complexity index is 480. The summed E-state index contributed by atoms with van der Waals surface area (Å²) in [5.41, 5.74) is 3.19. The predicted molar refractivity (Wildman–Crippen MR) is 142 cm³/mol. The van der Waals surface area contributed by atoms with Crippen LogP contribution in [0.5, 0.6) is 0 Å². The van der Waals surface area contributed by atoms with Crippen molar-refractivity contribution < 1.29 is 8.85 Å². The van der Waals surface area contributed by atoms with Gasteiger partial charge in [0.25, 0.3) is 0 Å². The molecule has 2 nitrogen and oxygen atoms in total. The first-order valence-corrected chi connectivity index (χ1v) is 17.7. The number of hydrogen-bond acceptors (Lipinski definition) is 2. The molecule has 0 amide bonds. The van der Waals surface area contributed by atoms with Crippen molar-refractivity contribution in [3.8, 4) is 0 Å². The summed E-state index contributed by atoms with van der Waals surface area (Å²) in [7, 11) is -3.72. The third kappa shape index (κ3) is 8.22. The summed E-state index contributed by atoms with van der Waals surface area (Å²) >= 11 is 0. The fourth-order valence-corrected chi connectivity index (χ4v) is 11.1. The van der Waals surface area contributed by atoms with Crippen LogP contribution in [-0.4, -0.2) is 29.3 Å². The van der Waals surface area contributed by atoms with Crippen molar-refractivity contribution in [1.82, 2.24) is 0 Å². The largest absolute Gasteiger partial charge is 0.413 e. The van der Waals surface area contributed by atoms with E-state index in [1.54, 1.807) is 0 Å². The van der Waals surface area contributed by atoms with Gasteiger partial charge in [-0.15, -0.1) is 0 Å². The Balaban J connectivity index is 5.77. The molecule has 0 saturated heterocycles. The lowest BCUT2D eigenvalue weighted by atomic mass is 10.0. The highest BCUT2D eigenvalue weighted by Gasteiger charge is 2.47. The SMILES string of the molecule is C/C=C(\CO[Si](C)(C)C(C)(C)C)C(CCCCCC)O[Si](C(C)C)(C(C)C)C(C)C. The van der Waals surface area contributed by atoms with Crippen molar-refractivity contribution in [2.24, 2.45) is 0 Å². The highest BCUT2D eigenvalue weighted by Crippen LogP contribution is 2.44. The first kappa shape index (κ1) is 30.1. The predicted octanol–water partition coefficient (Wildman–Crippen LogP) is 9.49. The molecule has 0 saturated carbocycles. The van der Waals surface area contributed by atoms with E-state index in [9.17, 15) is 0 Å². The summed E-state index contributed by atoms with van der Waals surface area (Å²) in [4.78, 5) is 0. The van der Waals surface area contributed by atoms with Gasteiger partial charge in [0, 0.05) is 0 Å². The van der Waals surface area contributed by atoms with Crippen molar-refractivity contribution in [1.29, 1.82) is 0 Å². The topological polar surface area (TPSA) is 18.5 Å². The molecule has 0 aromatic carbocycles. The molecule has 0 aliphatic rings. The summed E-state index contributed by atoms with van der Waals surface area (Å²) in [5, 5.41) is 0.232. The summed E-state index contributed by atoms with van der Waals surface area (Å²) < 4.78 is 14.0. The van der Waals surface area contributed by atoms with E-state index in [0.29, 0.717) is 16.6 Å². The van der Waals surface area contributed by atoms with E-state index in [-0.39, 0.29) is 11.1 Å². The Hall–Kier alpha value is 0.0938. The number of rotatable bonds is 14. The normalized spacial score (nSPS) is 15.5. The first-order chi connectivity index (χ1) is 13.7. The quantitative estimate of drug-likeness (QED) is 0.147. The molecule has 0 fully saturated rings. The van der Waals surface area contributed by atoms with Gasteiger partial charge in [0.1, 0.15) is 0 Å². The molecule has 0 N–H and O–H groups in total. The molecule has 0 aromatic rings. The maximum Gasteiger partial charge on any atom is 0.201 e. The van der Waals surface area contributed by atoms with Crippen molar-refractivity contribution in [3.05, 3.63) is 11.6 Å². The Kier molecular flexibility index (Phi) is 13.0. The number of allylic oxidation sites excluding steroid dienone is 1. The maximum atomic E-state index is 7.31. The summed E-state index contributed by atoms with van der Waals surface area (Å²) in [5.74, 6) is 0. The molecule has 1 unspecified atom stereocenters. The van der Waals surface area contributed by atoms with Crippen LogP contribution in [0.2, 0.25) is 34.8 Å². The summed E-state index contributed by atoms with van der Waals surface area (Å²) in [6, 6.07) is 0. The fourth-order valence-electron chi connectivity index (χ4n) is 4.57. The van der Waals surface area contributed by atoms with Crippen LogP contribution in [0.15, 0.2) is 11.6 Å². The van der Waals surface area contributed by atoms with Gasteiger partial charge in [0.15, 0.2) is 8.32 Å². The zero-order chi connectivity index (χ0) is 23.8. The highest BCUT2D eigenvalue weighted by molar-refractivity contribution is 6.77. The minimum atomic E-state index is -1.93. The monoisotopic (exact) mass is 456 g/mol. The summed E-state index contributed by atoms with van der Waals surface area (Å²) in [6.07, 6.45) is 8.76. The first-order valence-electron chi connectivity index (χ1n) is 12.6. The molecular formula is C26H56O2Si2. The molecule has 0 bridgehead atoms. The van der Waals surface area contributed by atoms with Crippen molar-refractivity contribution >= 4 is 16.6 Å². The minimum absolute atomic E-state index is 0.204. The lowest BCUT2D eigenvalue weighted by molar-refractivity contribution is 0.174. The third-order valence-electron chi connectivity index (χ3n) is 7.56. The molecule has 180 valence electrons. The van der Waals surface area contributed by atoms with Gasteiger partial charge >= 0.3 is 0 Å². The van der Waals surface area contributed by atoms with Gasteiger partial charge in [0.05, 0.1) is 12.7 Å². The third-order valence-corrected chi connectivity index (χ3v) is 18.1. The molecule has 0 radical (unpaired) electrons. The van der Waals surface area contributed by atoms with Crippen LogP contribution in [0.4, 0.5) is 0 Å².